The van der Waals surface area contributed by atoms with E-state index in [1.54, 1.807) is 36.4 Å². The SMILES string of the molecule is COC(=O)c1ccc(NC(=O)Nc2ccc(-c3nc(C(C)C)nc(N4CCOCC4)n3)cc2)cc1. The number of hydrogen-bond donors (Lipinski definition) is 2. The fraction of sp³-hybridized carbons (Fsp3) is 0.320. The molecule has 0 spiro atoms. The summed E-state index contributed by atoms with van der Waals surface area (Å²) in [5.74, 6) is 1.70. The first-order chi connectivity index (χ1) is 16.9. The smallest absolute Gasteiger partial charge is 0.337 e. The number of morpholine rings is 1. The molecule has 1 fully saturated rings. The summed E-state index contributed by atoms with van der Waals surface area (Å²) in [5, 5.41) is 5.53. The Hall–Kier alpha value is -4.05. The van der Waals surface area contributed by atoms with Crippen LogP contribution < -0.4 is 15.5 Å². The quantitative estimate of drug-likeness (QED) is 0.514. The highest BCUT2D eigenvalue weighted by Crippen LogP contribution is 2.23. The number of urea groups is 1. The lowest BCUT2D eigenvalue weighted by molar-refractivity contribution is 0.0600. The van der Waals surface area contributed by atoms with Gasteiger partial charge in [0.2, 0.25) is 5.95 Å². The molecule has 2 N–H and O–H groups in total. The van der Waals surface area contributed by atoms with Crippen LogP contribution in [-0.4, -0.2) is 60.4 Å². The highest BCUT2D eigenvalue weighted by molar-refractivity contribution is 6.00. The van der Waals surface area contributed by atoms with E-state index >= 15 is 0 Å². The second-order valence-corrected chi connectivity index (χ2v) is 8.30. The molecule has 0 bridgehead atoms. The molecule has 0 aliphatic carbocycles. The van der Waals surface area contributed by atoms with Crippen molar-refractivity contribution in [1.82, 2.24) is 15.0 Å². The number of nitrogens with zero attached hydrogens (tertiary/aromatic N) is 4. The molecular formula is C25H28N6O4. The molecule has 10 nitrogen and oxygen atoms in total. The monoisotopic (exact) mass is 476 g/mol. The number of rotatable bonds is 6. The van der Waals surface area contributed by atoms with E-state index in [1.807, 2.05) is 12.1 Å². The Morgan fingerprint density at radius 3 is 2.09 bits per heavy atom. The molecule has 2 amide bonds. The van der Waals surface area contributed by atoms with E-state index in [0.717, 1.165) is 24.5 Å². The van der Waals surface area contributed by atoms with Crippen LogP contribution in [0.2, 0.25) is 0 Å². The molecule has 1 saturated heterocycles. The van der Waals surface area contributed by atoms with E-state index in [9.17, 15) is 9.59 Å². The molecule has 1 aliphatic heterocycles. The van der Waals surface area contributed by atoms with Crippen molar-refractivity contribution in [2.45, 2.75) is 19.8 Å². The summed E-state index contributed by atoms with van der Waals surface area (Å²) in [6, 6.07) is 13.4. The van der Waals surface area contributed by atoms with Crippen molar-refractivity contribution in [2.24, 2.45) is 0 Å². The van der Waals surface area contributed by atoms with Crippen LogP contribution in [-0.2, 0) is 9.47 Å². The maximum atomic E-state index is 12.4. The van der Waals surface area contributed by atoms with Crippen LogP contribution in [0, 0.1) is 0 Å². The van der Waals surface area contributed by atoms with Crippen molar-refractivity contribution < 1.29 is 19.1 Å². The summed E-state index contributed by atoms with van der Waals surface area (Å²) in [6.07, 6.45) is 0. The Morgan fingerprint density at radius 2 is 1.51 bits per heavy atom. The Kier molecular flexibility index (Phi) is 7.51. The lowest BCUT2D eigenvalue weighted by Crippen LogP contribution is -2.37. The van der Waals surface area contributed by atoms with Gasteiger partial charge in [0.15, 0.2) is 5.82 Å². The summed E-state index contributed by atoms with van der Waals surface area (Å²) >= 11 is 0. The lowest BCUT2D eigenvalue weighted by Gasteiger charge is -2.27. The molecule has 182 valence electrons. The highest BCUT2D eigenvalue weighted by atomic mass is 16.5. The molecule has 1 aromatic heterocycles. The number of methoxy groups -OCH3 is 1. The van der Waals surface area contributed by atoms with Crippen molar-refractivity contribution in [3.63, 3.8) is 0 Å². The van der Waals surface area contributed by atoms with Crippen molar-refractivity contribution in [2.75, 3.05) is 48.9 Å². The number of nitrogens with one attached hydrogen (secondary N) is 2. The van der Waals surface area contributed by atoms with E-state index in [-0.39, 0.29) is 5.92 Å². The second-order valence-electron chi connectivity index (χ2n) is 8.30. The zero-order valence-electron chi connectivity index (χ0n) is 19.9. The average molecular weight is 477 g/mol. The van der Waals surface area contributed by atoms with E-state index in [1.165, 1.54) is 7.11 Å². The summed E-state index contributed by atoms with van der Waals surface area (Å²) in [4.78, 5) is 40.0. The van der Waals surface area contributed by atoms with E-state index in [2.05, 4.69) is 44.1 Å². The Balaban J connectivity index is 1.45. The Labute approximate surface area is 203 Å². The summed E-state index contributed by atoms with van der Waals surface area (Å²) in [5.41, 5.74) is 2.40. The third-order valence-electron chi connectivity index (χ3n) is 5.42. The van der Waals surface area contributed by atoms with E-state index in [0.29, 0.717) is 41.9 Å². The molecule has 2 aromatic carbocycles. The lowest BCUT2D eigenvalue weighted by atomic mass is 10.1. The minimum Gasteiger partial charge on any atom is -0.465 e. The number of carbonyl (C=O) groups excluding carboxylic acids is 2. The fourth-order valence-electron chi connectivity index (χ4n) is 3.48. The van der Waals surface area contributed by atoms with Gasteiger partial charge in [0.25, 0.3) is 0 Å². The van der Waals surface area contributed by atoms with Gasteiger partial charge in [-0.1, -0.05) is 13.8 Å². The molecule has 0 radical (unpaired) electrons. The molecule has 0 unspecified atom stereocenters. The van der Waals surface area contributed by atoms with Gasteiger partial charge in [0.05, 0.1) is 25.9 Å². The molecule has 35 heavy (non-hydrogen) atoms. The molecule has 0 saturated carbocycles. The topological polar surface area (TPSA) is 119 Å². The van der Waals surface area contributed by atoms with Gasteiger partial charge in [-0.05, 0) is 48.5 Å². The van der Waals surface area contributed by atoms with Crippen LogP contribution in [0.25, 0.3) is 11.4 Å². The van der Waals surface area contributed by atoms with Gasteiger partial charge in [-0.2, -0.15) is 9.97 Å². The minimum absolute atomic E-state index is 0.155. The van der Waals surface area contributed by atoms with Crippen LogP contribution in [0.5, 0.6) is 0 Å². The second kappa shape index (κ2) is 10.9. The third-order valence-corrected chi connectivity index (χ3v) is 5.42. The predicted octanol–water partition coefficient (Wildman–Crippen LogP) is 3.93. The van der Waals surface area contributed by atoms with Crippen molar-refractivity contribution in [3.8, 4) is 11.4 Å². The summed E-state index contributed by atoms with van der Waals surface area (Å²) in [7, 11) is 1.32. The molecule has 1 aliphatic rings. The molecule has 4 rings (SSSR count). The van der Waals surface area contributed by atoms with Crippen molar-refractivity contribution >= 4 is 29.3 Å². The Bertz CT molecular complexity index is 1180. The van der Waals surface area contributed by atoms with Crippen LogP contribution >= 0.6 is 0 Å². The summed E-state index contributed by atoms with van der Waals surface area (Å²) < 4.78 is 10.1. The van der Waals surface area contributed by atoms with Gasteiger partial charge in [-0.3, -0.25) is 0 Å². The molecule has 0 atom stereocenters. The van der Waals surface area contributed by atoms with Gasteiger partial charge in [0.1, 0.15) is 5.82 Å². The molecule has 3 aromatic rings. The molecular weight excluding hydrogens is 448 g/mol. The first-order valence-electron chi connectivity index (χ1n) is 11.4. The number of carbonyl (C=O) groups is 2. The highest BCUT2D eigenvalue weighted by Gasteiger charge is 2.18. The van der Waals surface area contributed by atoms with Crippen LogP contribution in [0.1, 0.15) is 35.9 Å². The van der Waals surface area contributed by atoms with Gasteiger partial charge in [0, 0.05) is 35.9 Å². The summed E-state index contributed by atoms with van der Waals surface area (Å²) in [6.45, 7) is 6.88. The number of amides is 2. The van der Waals surface area contributed by atoms with Gasteiger partial charge < -0.3 is 25.0 Å². The number of benzene rings is 2. The minimum atomic E-state index is -0.433. The van der Waals surface area contributed by atoms with Crippen LogP contribution in [0.15, 0.2) is 48.5 Å². The number of anilines is 3. The molecule has 10 heteroatoms. The van der Waals surface area contributed by atoms with E-state index < -0.39 is 12.0 Å². The zero-order valence-corrected chi connectivity index (χ0v) is 19.9. The maximum Gasteiger partial charge on any atom is 0.337 e. The number of hydrogen-bond acceptors (Lipinski definition) is 8. The normalized spacial score (nSPS) is 13.4. The predicted molar refractivity (Wildman–Crippen MR) is 133 cm³/mol. The van der Waals surface area contributed by atoms with Gasteiger partial charge >= 0.3 is 12.0 Å². The van der Waals surface area contributed by atoms with Gasteiger partial charge in [-0.15, -0.1) is 0 Å². The number of ether oxygens (including phenoxy) is 2. The first-order valence-corrected chi connectivity index (χ1v) is 11.4. The average Bonchev–Trinajstić information content (AvgIpc) is 2.89. The van der Waals surface area contributed by atoms with Crippen LogP contribution in [0.4, 0.5) is 22.1 Å². The number of esters is 1. The van der Waals surface area contributed by atoms with Crippen LogP contribution in [0.3, 0.4) is 0 Å². The Morgan fingerprint density at radius 1 is 0.914 bits per heavy atom. The molecule has 2 heterocycles. The van der Waals surface area contributed by atoms with Crippen molar-refractivity contribution in [1.29, 1.82) is 0 Å². The van der Waals surface area contributed by atoms with E-state index in [4.69, 9.17) is 9.72 Å². The standard InChI is InChI=1S/C25H28N6O4/c1-16(2)21-28-22(30-24(29-21)31-12-14-35-15-13-31)17-4-8-19(9-5-17)26-25(33)27-20-10-6-18(7-11-20)23(32)34-3/h4-11,16H,12-15H2,1-3H3,(H2,26,27,33). The van der Waals surface area contributed by atoms with Crippen molar-refractivity contribution in [3.05, 3.63) is 59.9 Å². The number of aromatic nitrogens is 3. The maximum absolute atomic E-state index is 12.4. The van der Waals surface area contributed by atoms with Gasteiger partial charge in [-0.25, -0.2) is 14.6 Å². The largest absolute Gasteiger partial charge is 0.465 e. The third kappa shape index (κ3) is 6.10. The first kappa shape index (κ1) is 24.1. The fourth-order valence-corrected chi connectivity index (χ4v) is 3.48. The zero-order chi connectivity index (χ0) is 24.8.